The van der Waals surface area contributed by atoms with Gasteiger partial charge in [-0.15, -0.1) is 0 Å². The molecule has 0 radical (unpaired) electrons. The number of carbonyl (C=O) groups excluding carboxylic acids is 2. The van der Waals surface area contributed by atoms with Crippen LogP contribution in [-0.4, -0.2) is 61.7 Å². The monoisotopic (exact) mass is 444 g/mol. The Bertz CT molecular complexity index is 627. The Labute approximate surface area is 187 Å². The summed E-state index contributed by atoms with van der Waals surface area (Å²) in [7, 11) is 0. The lowest BCUT2D eigenvalue weighted by Crippen LogP contribution is -2.56. The minimum Gasteiger partial charge on any atom is -0.459 e. The van der Waals surface area contributed by atoms with Gasteiger partial charge in [-0.3, -0.25) is 9.59 Å². The highest BCUT2D eigenvalue weighted by molar-refractivity contribution is 5.83. The highest BCUT2D eigenvalue weighted by atomic mass is 16.6. The Hall–Kier alpha value is -1.02. The van der Waals surface area contributed by atoms with Gasteiger partial charge in [0.15, 0.2) is 0 Å². The van der Waals surface area contributed by atoms with Crippen LogP contribution >= 0.6 is 0 Å². The highest BCUT2D eigenvalue weighted by Crippen LogP contribution is 2.40. The van der Waals surface area contributed by atoms with Crippen LogP contribution in [0.3, 0.4) is 0 Å². The van der Waals surface area contributed by atoms with Gasteiger partial charge in [-0.2, -0.15) is 0 Å². The average Bonchev–Trinajstić information content (AvgIpc) is 2.66. The molecule has 0 aromatic carbocycles. The van der Waals surface area contributed by atoms with E-state index in [9.17, 15) is 30.0 Å². The molecule has 182 valence electrons. The molecule has 0 bridgehead atoms. The number of aliphatic hydroxyl groups excluding tert-OH is 2. The molecule has 1 heterocycles. The van der Waals surface area contributed by atoms with E-state index in [1.54, 1.807) is 41.5 Å². The summed E-state index contributed by atoms with van der Waals surface area (Å²) in [6.07, 6.45) is -3.23. The van der Waals surface area contributed by atoms with Gasteiger partial charge in [-0.25, -0.2) is 0 Å². The molecule has 1 saturated heterocycles. The van der Waals surface area contributed by atoms with Crippen LogP contribution in [0.5, 0.6) is 0 Å². The maximum absolute atomic E-state index is 13.1. The summed E-state index contributed by atoms with van der Waals surface area (Å²) in [5.74, 6) is -4.23. The molecule has 1 aliphatic heterocycles. The number of carbonyl (C=O) groups is 2. The lowest BCUT2D eigenvalue weighted by molar-refractivity contribution is -0.194. The van der Waals surface area contributed by atoms with Crippen LogP contribution in [0.25, 0.3) is 0 Å². The van der Waals surface area contributed by atoms with Gasteiger partial charge in [0.1, 0.15) is 17.5 Å². The molecule has 31 heavy (non-hydrogen) atoms. The van der Waals surface area contributed by atoms with Crippen LogP contribution < -0.4 is 0 Å². The van der Waals surface area contributed by atoms with E-state index in [0.717, 1.165) is 0 Å². The summed E-state index contributed by atoms with van der Waals surface area (Å²) in [5.41, 5.74) is -3.15. The molecular formula is C24H44O7. The number of rotatable bonds is 2. The molecule has 1 aliphatic rings. The van der Waals surface area contributed by atoms with Crippen LogP contribution in [-0.2, 0) is 14.3 Å². The zero-order valence-corrected chi connectivity index (χ0v) is 20.6. The van der Waals surface area contributed by atoms with Gasteiger partial charge in [-0.05, 0) is 51.4 Å². The molecule has 1 fully saturated rings. The topological polar surface area (TPSA) is 124 Å². The van der Waals surface area contributed by atoms with Crippen LogP contribution in [0.15, 0.2) is 0 Å². The number of hydrogen-bond donors (Lipinski definition) is 4. The zero-order chi connectivity index (χ0) is 24.5. The van der Waals surface area contributed by atoms with Crippen molar-refractivity contribution >= 4 is 11.8 Å². The number of Topliss-reactive ketones (excluding diaryl/α,β-unsaturated/α-hetero) is 1. The van der Waals surface area contributed by atoms with Gasteiger partial charge in [-0.1, -0.05) is 41.5 Å². The second-order valence-electron chi connectivity index (χ2n) is 10.6. The van der Waals surface area contributed by atoms with Gasteiger partial charge in [0.2, 0.25) is 0 Å². The van der Waals surface area contributed by atoms with E-state index < -0.39 is 59.2 Å². The molecule has 4 N–H and O–H groups in total. The van der Waals surface area contributed by atoms with Crippen molar-refractivity contribution in [3.8, 4) is 0 Å². The van der Waals surface area contributed by atoms with Crippen molar-refractivity contribution in [3.05, 3.63) is 0 Å². The third-order valence-corrected chi connectivity index (χ3v) is 7.43. The van der Waals surface area contributed by atoms with Gasteiger partial charge in [0, 0.05) is 11.8 Å². The molecule has 0 saturated carbocycles. The molecule has 0 aromatic heterocycles. The molecule has 7 heteroatoms. The van der Waals surface area contributed by atoms with Gasteiger partial charge in [0.25, 0.3) is 0 Å². The first-order chi connectivity index (χ1) is 14.0. The predicted octanol–water partition coefficient (Wildman–Crippen LogP) is 2.32. The predicted molar refractivity (Wildman–Crippen MR) is 118 cm³/mol. The van der Waals surface area contributed by atoms with E-state index in [0.29, 0.717) is 0 Å². The van der Waals surface area contributed by atoms with Gasteiger partial charge in [0.05, 0.1) is 23.7 Å². The number of hydrogen-bond acceptors (Lipinski definition) is 7. The van der Waals surface area contributed by atoms with Crippen LogP contribution in [0.2, 0.25) is 0 Å². The summed E-state index contributed by atoms with van der Waals surface area (Å²) < 4.78 is 5.54. The fraction of sp³-hybridized carbons (Fsp3) is 0.917. The van der Waals surface area contributed by atoms with Crippen molar-refractivity contribution in [2.75, 3.05) is 0 Å². The second-order valence-corrected chi connectivity index (χ2v) is 10.6. The lowest BCUT2D eigenvalue weighted by atomic mass is 9.66. The molecule has 0 unspecified atom stereocenters. The number of ketones is 1. The number of cyclic esters (lactones) is 1. The quantitative estimate of drug-likeness (QED) is 0.482. The van der Waals surface area contributed by atoms with E-state index in [1.807, 2.05) is 13.8 Å². The van der Waals surface area contributed by atoms with Crippen molar-refractivity contribution in [2.24, 2.45) is 35.5 Å². The fourth-order valence-corrected chi connectivity index (χ4v) is 5.72. The molecular weight excluding hydrogens is 400 g/mol. The first kappa shape index (κ1) is 28.0. The fourth-order valence-electron chi connectivity index (χ4n) is 5.72. The summed E-state index contributed by atoms with van der Waals surface area (Å²) in [6.45, 7) is 15.2. The highest BCUT2D eigenvalue weighted by Gasteiger charge is 2.49. The number of ether oxygens (including phenoxy) is 1. The largest absolute Gasteiger partial charge is 0.459 e. The Morgan fingerprint density at radius 1 is 1.03 bits per heavy atom. The number of esters is 1. The van der Waals surface area contributed by atoms with E-state index >= 15 is 0 Å². The third kappa shape index (κ3) is 5.86. The SMILES string of the molecule is CC[C@H]1OC(=O)[C@H](C)[C@@H](O)[C@H](C)[C@@H](C(C)C)[C@](C)(O)C[C@@H](C)C(=O)[C@H](C)[C@@H](O)[C@]1(C)O. The minimum atomic E-state index is -1.86. The maximum Gasteiger partial charge on any atom is 0.311 e. The average molecular weight is 445 g/mol. The van der Waals surface area contributed by atoms with Crippen LogP contribution in [0.4, 0.5) is 0 Å². The molecule has 0 amide bonds. The molecule has 0 aliphatic carbocycles. The standard InChI is InChI=1S/C24H44O7/c1-10-17-24(9,30)21(27)15(6)19(25)13(4)11-23(8,29)18(12(2)3)14(5)20(26)16(7)22(28)31-17/h12-18,20-21,26-27,29-30H,10-11H2,1-9H3/t13-,14-,15+,16-,17-,18-,20+,21-,23-,24-/m1/s1. The molecule has 7 nitrogen and oxygen atoms in total. The van der Waals surface area contributed by atoms with E-state index in [4.69, 9.17) is 4.74 Å². The minimum absolute atomic E-state index is 0.0229. The first-order valence-corrected chi connectivity index (χ1v) is 11.6. The maximum atomic E-state index is 13.1. The van der Waals surface area contributed by atoms with Crippen LogP contribution in [0.1, 0.15) is 75.2 Å². The Morgan fingerprint density at radius 2 is 1.55 bits per heavy atom. The Kier molecular flexibility index (Phi) is 9.29. The van der Waals surface area contributed by atoms with Gasteiger partial charge < -0.3 is 25.2 Å². The third-order valence-electron chi connectivity index (χ3n) is 7.43. The Morgan fingerprint density at radius 3 is 2.00 bits per heavy atom. The van der Waals surface area contributed by atoms with E-state index in [2.05, 4.69) is 0 Å². The Balaban J connectivity index is 3.53. The lowest BCUT2D eigenvalue weighted by Gasteiger charge is -2.44. The normalized spacial score (nSPS) is 46.5. The molecule has 0 spiro atoms. The van der Waals surface area contributed by atoms with E-state index in [-0.39, 0.29) is 30.5 Å². The molecule has 0 aromatic rings. The smallest absolute Gasteiger partial charge is 0.311 e. The van der Waals surface area contributed by atoms with Crippen molar-refractivity contribution in [3.63, 3.8) is 0 Å². The van der Waals surface area contributed by atoms with Crippen molar-refractivity contribution < 1.29 is 34.8 Å². The summed E-state index contributed by atoms with van der Waals surface area (Å²) in [6, 6.07) is 0. The second kappa shape index (κ2) is 10.3. The van der Waals surface area contributed by atoms with Crippen molar-refractivity contribution in [1.82, 2.24) is 0 Å². The molecule has 1 rings (SSSR count). The molecule has 10 atom stereocenters. The van der Waals surface area contributed by atoms with Gasteiger partial charge >= 0.3 is 5.97 Å². The van der Waals surface area contributed by atoms with Crippen molar-refractivity contribution in [2.45, 2.75) is 105 Å². The van der Waals surface area contributed by atoms with Crippen LogP contribution in [0, 0.1) is 35.5 Å². The summed E-state index contributed by atoms with van der Waals surface area (Å²) >= 11 is 0. The summed E-state index contributed by atoms with van der Waals surface area (Å²) in [5, 5.41) is 44.3. The zero-order valence-electron chi connectivity index (χ0n) is 20.6. The summed E-state index contributed by atoms with van der Waals surface area (Å²) in [4.78, 5) is 25.9. The first-order valence-electron chi connectivity index (χ1n) is 11.6. The van der Waals surface area contributed by atoms with Crippen molar-refractivity contribution in [1.29, 1.82) is 0 Å². The van der Waals surface area contributed by atoms with E-state index in [1.165, 1.54) is 6.92 Å². The number of aliphatic hydroxyl groups is 4.